The van der Waals surface area contributed by atoms with E-state index in [-0.39, 0.29) is 5.78 Å². The number of ketones is 1. The van der Waals surface area contributed by atoms with Crippen molar-refractivity contribution in [3.63, 3.8) is 0 Å². The second kappa shape index (κ2) is 5.09. The molecule has 15 heavy (non-hydrogen) atoms. The van der Waals surface area contributed by atoms with Crippen molar-refractivity contribution in [2.24, 2.45) is 0 Å². The van der Waals surface area contributed by atoms with Crippen LogP contribution < -0.4 is 5.32 Å². The maximum absolute atomic E-state index is 11.1. The van der Waals surface area contributed by atoms with Crippen LogP contribution in [0.3, 0.4) is 0 Å². The summed E-state index contributed by atoms with van der Waals surface area (Å²) in [4.78, 5) is 25.4. The highest BCUT2D eigenvalue weighted by molar-refractivity contribution is 5.85. The molecule has 5 nitrogen and oxygen atoms in total. The van der Waals surface area contributed by atoms with Gasteiger partial charge in [-0.15, -0.1) is 0 Å². The molecule has 0 saturated carbocycles. The first kappa shape index (κ1) is 11.2. The summed E-state index contributed by atoms with van der Waals surface area (Å²) in [5, 5.41) is 10.7. The molecule has 1 atom stereocenters. The Morgan fingerprint density at radius 3 is 2.53 bits per heavy atom. The van der Waals surface area contributed by atoms with Crippen molar-refractivity contribution in [3.8, 4) is 0 Å². The van der Waals surface area contributed by atoms with Crippen LogP contribution in [0.15, 0.2) is 24.5 Å². The summed E-state index contributed by atoms with van der Waals surface area (Å²) in [5.41, 5.74) is 0.874. The van der Waals surface area contributed by atoms with Gasteiger partial charge in [-0.3, -0.25) is 9.78 Å². The minimum absolute atomic E-state index is 0.200. The number of pyridine rings is 1. The summed E-state index contributed by atoms with van der Waals surface area (Å²) in [6.07, 6.45) is 2.37. The van der Waals surface area contributed by atoms with Crippen molar-refractivity contribution >= 4 is 11.9 Å². The summed E-state index contributed by atoms with van der Waals surface area (Å²) < 4.78 is 0. The lowest BCUT2D eigenvalue weighted by Gasteiger charge is -2.13. The molecule has 1 aromatic heterocycles. The Balaban J connectivity index is 2.67. The molecule has 2 N–H and O–H groups in total. The molecule has 0 unspecified atom stereocenters. The second-order valence-electron chi connectivity index (χ2n) is 3.17. The van der Waals surface area contributed by atoms with E-state index in [1.165, 1.54) is 6.92 Å². The van der Waals surface area contributed by atoms with Gasteiger partial charge in [-0.2, -0.15) is 0 Å². The van der Waals surface area contributed by atoms with Crippen LogP contribution in [0.25, 0.3) is 0 Å². The van der Waals surface area contributed by atoms with Crippen molar-refractivity contribution in [1.29, 1.82) is 0 Å². The van der Waals surface area contributed by atoms with E-state index in [0.29, 0.717) is 6.42 Å². The molecule has 80 valence electrons. The summed E-state index contributed by atoms with van der Waals surface area (Å²) in [6, 6.07) is 2.81. The third-order valence-electron chi connectivity index (χ3n) is 1.98. The van der Waals surface area contributed by atoms with E-state index < -0.39 is 12.1 Å². The molecule has 0 aliphatic rings. The molecule has 0 radical (unpaired) electrons. The minimum atomic E-state index is -1.19. The summed E-state index contributed by atoms with van der Waals surface area (Å²) in [7, 11) is 0. The Labute approximate surface area is 87.1 Å². The molecular weight excluding hydrogens is 196 g/mol. The van der Waals surface area contributed by atoms with Crippen LogP contribution in [0.1, 0.15) is 12.5 Å². The number of nitrogens with one attached hydrogen (secondary N) is 1. The third-order valence-corrected chi connectivity index (χ3v) is 1.98. The predicted octanol–water partition coefficient (Wildman–Crippen LogP) is 0.849. The van der Waals surface area contributed by atoms with Crippen LogP contribution in [-0.2, 0) is 11.2 Å². The van der Waals surface area contributed by atoms with Crippen LogP contribution in [-0.4, -0.2) is 28.0 Å². The zero-order valence-corrected chi connectivity index (χ0v) is 8.30. The number of nitrogens with zero attached hydrogens (tertiary/aromatic N) is 1. The lowest BCUT2D eigenvalue weighted by atomic mass is 10.0. The van der Waals surface area contributed by atoms with E-state index in [0.717, 1.165) is 5.56 Å². The number of amides is 1. The Morgan fingerprint density at radius 1 is 1.47 bits per heavy atom. The fourth-order valence-electron chi connectivity index (χ4n) is 1.20. The van der Waals surface area contributed by atoms with Gasteiger partial charge in [-0.1, -0.05) is 0 Å². The molecule has 0 aromatic carbocycles. The van der Waals surface area contributed by atoms with E-state index in [1.807, 2.05) is 0 Å². The van der Waals surface area contributed by atoms with Gasteiger partial charge >= 0.3 is 6.09 Å². The minimum Gasteiger partial charge on any atom is -0.465 e. The molecule has 0 fully saturated rings. The van der Waals surface area contributed by atoms with E-state index in [4.69, 9.17) is 5.11 Å². The Hall–Kier alpha value is -1.91. The molecule has 0 aliphatic heterocycles. The lowest BCUT2D eigenvalue weighted by Crippen LogP contribution is -2.40. The molecule has 0 spiro atoms. The Morgan fingerprint density at radius 2 is 2.07 bits per heavy atom. The van der Waals surface area contributed by atoms with E-state index in [1.54, 1.807) is 24.5 Å². The SMILES string of the molecule is CC(=O)[C@@H](Cc1ccncc1)NC(=O)O. The van der Waals surface area contributed by atoms with Gasteiger partial charge in [0.2, 0.25) is 0 Å². The topological polar surface area (TPSA) is 79.3 Å². The van der Waals surface area contributed by atoms with Gasteiger partial charge in [0, 0.05) is 12.4 Å². The van der Waals surface area contributed by atoms with Gasteiger partial charge in [-0.05, 0) is 31.0 Å². The summed E-state index contributed by atoms with van der Waals surface area (Å²) >= 11 is 0. The molecule has 5 heteroatoms. The maximum atomic E-state index is 11.1. The van der Waals surface area contributed by atoms with E-state index >= 15 is 0 Å². The molecular formula is C10H12N2O3. The lowest BCUT2D eigenvalue weighted by molar-refractivity contribution is -0.118. The zero-order valence-electron chi connectivity index (χ0n) is 8.30. The van der Waals surface area contributed by atoms with Gasteiger partial charge in [-0.25, -0.2) is 4.79 Å². The smallest absolute Gasteiger partial charge is 0.405 e. The van der Waals surface area contributed by atoms with Gasteiger partial charge in [0.1, 0.15) is 0 Å². The zero-order chi connectivity index (χ0) is 11.3. The van der Waals surface area contributed by atoms with Crippen LogP contribution in [0.2, 0.25) is 0 Å². The molecule has 1 amide bonds. The maximum Gasteiger partial charge on any atom is 0.405 e. The van der Waals surface area contributed by atoms with Gasteiger partial charge in [0.15, 0.2) is 5.78 Å². The number of carboxylic acid groups (broad SMARTS) is 1. The summed E-state index contributed by atoms with van der Waals surface area (Å²) in [5.74, 6) is -0.200. The predicted molar refractivity (Wildman–Crippen MR) is 53.6 cm³/mol. The highest BCUT2D eigenvalue weighted by Gasteiger charge is 2.16. The Bertz CT molecular complexity index is 351. The normalized spacial score (nSPS) is 11.8. The van der Waals surface area contributed by atoms with Crippen molar-refractivity contribution < 1.29 is 14.7 Å². The second-order valence-corrected chi connectivity index (χ2v) is 3.17. The van der Waals surface area contributed by atoms with Gasteiger partial charge < -0.3 is 10.4 Å². The monoisotopic (exact) mass is 208 g/mol. The number of carbonyl (C=O) groups excluding carboxylic acids is 1. The standard InChI is InChI=1S/C10H12N2O3/c1-7(13)9(12-10(14)15)6-8-2-4-11-5-3-8/h2-5,9,12H,6H2,1H3,(H,14,15)/t9-/m1/s1. The number of carbonyl (C=O) groups is 2. The van der Waals surface area contributed by atoms with Crippen molar-refractivity contribution in [2.45, 2.75) is 19.4 Å². The van der Waals surface area contributed by atoms with Crippen LogP contribution in [0.4, 0.5) is 4.79 Å². The van der Waals surface area contributed by atoms with E-state index in [9.17, 15) is 9.59 Å². The average molecular weight is 208 g/mol. The highest BCUT2D eigenvalue weighted by Crippen LogP contribution is 2.02. The molecule has 1 heterocycles. The van der Waals surface area contributed by atoms with E-state index in [2.05, 4.69) is 10.3 Å². The molecule has 0 bridgehead atoms. The first-order valence-electron chi connectivity index (χ1n) is 4.48. The van der Waals surface area contributed by atoms with Crippen molar-refractivity contribution in [2.75, 3.05) is 0 Å². The first-order valence-corrected chi connectivity index (χ1v) is 4.48. The first-order chi connectivity index (χ1) is 7.09. The molecule has 0 saturated heterocycles. The van der Waals surface area contributed by atoms with Crippen LogP contribution in [0, 0.1) is 0 Å². The van der Waals surface area contributed by atoms with Gasteiger partial charge in [0.05, 0.1) is 6.04 Å². The van der Waals surface area contributed by atoms with Crippen LogP contribution >= 0.6 is 0 Å². The van der Waals surface area contributed by atoms with Crippen molar-refractivity contribution in [1.82, 2.24) is 10.3 Å². The fourth-order valence-corrected chi connectivity index (χ4v) is 1.20. The summed E-state index contributed by atoms with van der Waals surface area (Å²) in [6.45, 7) is 1.36. The van der Waals surface area contributed by atoms with Crippen LogP contribution in [0.5, 0.6) is 0 Å². The highest BCUT2D eigenvalue weighted by atomic mass is 16.4. The third kappa shape index (κ3) is 3.76. The number of aromatic nitrogens is 1. The number of rotatable bonds is 4. The molecule has 0 aliphatic carbocycles. The molecule has 1 aromatic rings. The van der Waals surface area contributed by atoms with Gasteiger partial charge in [0.25, 0.3) is 0 Å². The largest absolute Gasteiger partial charge is 0.465 e. The number of hydrogen-bond donors (Lipinski definition) is 2. The number of hydrogen-bond acceptors (Lipinski definition) is 3. The fraction of sp³-hybridized carbons (Fsp3) is 0.300. The number of Topliss-reactive ketones (excluding diaryl/α,β-unsaturated/α-hetero) is 1. The Kier molecular flexibility index (Phi) is 3.79. The average Bonchev–Trinajstić information content (AvgIpc) is 2.17. The molecule has 1 rings (SSSR count). The van der Waals surface area contributed by atoms with Crippen molar-refractivity contribution in [3.05, 3.63) is 30.1 Å². The quantitative estimate of drug-likeness (QED) is 0.768.